The van der Waals surface area contributed by atoms with Crippen LogP contribution in [0.3, 0.4) is 0 Å². The smallest absolute Gasteiger partial charge is 0.289 e. The number of sulfonamides is 1. The van der Waals surface area contributed by atoms with E-state index in [0.29, 0.717) is 5.76 Å². The van der Waals surface area contributed by atoms with E-state index >= 15 is 0 Å². The molecule has 9 nitrogen and oxygen atoms in total. The first-order valence-corrected chi connectivity index (χ1v) is 7.41. The van der Waals surface area contributed by atoms with Crippen molar-refractivity contribution >= 4 is 21.6 Å². The van der Waals surface area contributed by atoms with Gasteiger partial charge in [0.25, 0.3) is 21.6 Å². The van der Waals surface area contributed by atoms with Gasteiger partial charge in [0.05, 0.1) is 16.7 Å². The fourth-order valence-corrected chi connectivity index (χ4v) is 2.70. The lowest BCUT2D eigenvalue weighted by atomic mass is 10.2. The van der Waals surface area contributed by atoms with Gasteiger partial charge in [-0.2, -0.15) is 0 Å². The number of nitro benzene ring substituents is 1. The maximum atomic E-state index is 12.1. The molecule has 10 heteroatoms. The Bertz CT molecular complexity index is 827. The highest BCUT2D eigenvalue weighted by atomic mass is 32.2. The second-order valence-corrected chi connectivity index (χ2v) is 5.83. The Balaban J connectivity index is 2.21. The first-order chi connectivity index (χ1) is 10.3. The summed E-state index contributed by atoms with van der Waals surface area (Å²) in [7, 11) is -4.29. The topological polar surface area (TPSA) is 132 Å². The van der Waals surface area contributed by atoms with Crippen molar-refractivity contribution in [2.24, 2.45) is 0 Å². The molecule has 0 atom stereocenters. The first-order valence-electron chi connectivity index (χ1n) is 5.92. The summed E-state index contributed by atoms with van der Waals surface area (Å²) < 4.78 is 29.1. The van der Waals surface area contributed by atoms with Crippen molar-refractivity contribution in [2.45, 2.75) is 11.8 Å². The van der Waals surface area contributed by atoms with Crippen molar-refractivity contribution in [1.82, 2.24) is 10.3 Å². The van der Waals surface area contributed by atoms with Crippen molar-refractivity contribution in [3.05, 3.63) is 58.0 Å². The van der Waals surface area contributed by atoms with Crippen molar-refractivity contribution in [3.8, 4) is 0 Å². The monoisotopic (exact) mass is 325 g/mol. The third-order valence-electron chi connectivity index (χ3n) is 2.75. The van der Waals surface area contributed by atoms with E-state index in [1.54, 1.807) is 0 Å². The summed E-state index contributed by atoms with van der Waals surface area (Å²) in [6.07, 6.45) is 1.28. The largest absolute Gasteiger partial charge is 0.469 e. The van der Waals surface area contributed by atoms with Crippen LogP contribution in [-0.2, 0) is 10.0 Å². The predicted octanol–water partition coefficient (Wildman–Crippen LogP) is 1.12. The highest BCUT2D eigenvalue weighted by molar-refractivity contribution is 7.89. The first kappa shape index (κ1) is 15.7. The van der Waals surface area contributed by atoms with Gasteiger partial charge in [0, 0.05) is 6.07 Å². The Morgan fingerprint density at radius 1 is 1.27 bits per heavy atom. The third kappa shape index (κ3) is 3.13. The standard InChI is InChI=1S/C12H11N3O6S/c1-8-9(6-7-21-8)12(16)13-14-22(19,20)11-5-3-2-4-10(11)15(17)18/h2-7,14H,1H3,(H,13,16). The lowest BCUT2D eigenvalue weighted by Crippen LogP contribution is -2.41. The molecule has 1 amide bonds. The summed E-state index contributed by atoms with van der Waals surface area (Å²) in [5, 5.41) is 10.9. The van der Waals surface area contributed by atoms with E-state index < -0.39 is 31.4 Å². The molecule has 0 aliphatic heterocycles. The lowest BCUT2D eigenvalue weighted by Gasteiger charge is -2.08. The van der Waals surface area contributed by atoms with Crippen LogP contribution < -0.4 is 10.3 Å². The van der Waals surface area contributed by atoms with Crippen LogP contribution in [-0.4, -0.2) is 19.2 Å². The molecular weight excluding hydrogens is 314 g/mol. The fourth-order valence-electron chi connectivity index (χ4n) is 1.69. The van der Waals surface area contributed by atoms with Crippen LogP contribution in [0, 0.1) is 17.0 Å². The van der Waals surface area contributed by atoms with E-state index in [9.17, 15) is 23.3 Å². The number of carbonyl (C=O) groups is 1. The maximum Gasteiger partial charge on any atom is 0.289 e. The van der Waals surface area contributed by atoms with Crippen LogP contribution in [0.4, 0.5) is 5.69 Å². The number of para-hydroxylation sites is 1. The molecule has 0 unspecified atom stereocenters. The number of carbonyl (C=O) groups excluding carboxylic acids is 1. The van der Waals surface area contributed by atoms with E-state index in [4.69, 9.17) is 4.42 Å². The number of furan rings is 1. The van der Waals surface area contributed by atoms with Gasteiger partial charge in [0.1, 0.15) is 5.76 Å². The van der Waals surface area contributed by atoms with E-state index in [1.807, 2.05) is 10.3 Å². The van der Waals surface area contributed by atoms with E-state index in [1.165, 1.54) is 31.4 Å². The lowest BCUT2D eigenvalue weighted by molar-refractivity contribution is -0.387. The predicted molar refractivity (Wildman–Crippen MR) is 74.3 cm³/mol. The van der Waals surface area contributed by atoms with Gasteiger partial charge in [-0.05, 0) is 19.1 Å². The van der Waals surface area contributed by atoms with Crippen LogP contribution in [0.25, 0.3) is 0 Å². The quantitative estimate of drug-likeness (QED) is 0.625. The normalized spacial score (nSPS) is 11.1. The van der Waals surface area contributed by atoms with E-state index in [0.717, 1.165) is 12.1 Å². The maximum absolute atomic E-state index is 12.1. The molecule has 2 aromatic rings. The number of nitrogens with zero attached hydrogens (tertiary/aromatic N) is 1. The van der Waals surface area contributed by atoms with Gasteiger partial charge in [-0.25, -0.2) is 8.42 Å². The molecule has 22 heavy (non-hydrogen) atoms. The summed E-state index contributed by atoms with van der Waals surface area (Å²) in [6, 6.07) is 6.16. The molecule has 2 N–H and O–H groups in total. The van der Waals surface area contributed by atoms with Crippen LogP contribution in [0.1, 0.15) is 16.1 Å². The summed E-state index contributed by atoms with van der Waals surface area (Å²) in [4.78, 5) is 23.1. The molecule has 0 radical (unpaired) electrons. The molecular formula is C12H11N3O6S. The summed E-state index contributed by atoms with van der Waals surface area (Å²) in [5.74, 6) is -0.434. The molecule has 0 aliphatic carbocycles. The zero-order valence-corrected chi connectivity index (χ0v) is 12.1. The molecule has 0 fully saturated rings. The van der Waals surface area contributed by atoms with Crippen LogP contribution in [0.2, 0.25) is 0 Å². The Morgan fingerprint density at radius 3 is 2.55 bits per heavy atom. The number of hydrogen-bond acceptors (Lipinski definition) is 6. The summed E-state index contributed by atoms with van der Waals surface area (Å²) in [5.41, 5.74) is 1.52. The molecule has 1 aromatic heterocycles. The van der Waals surface area contributed by atoms with Gasteiger partial charge in [-0.1, -0.05) is 12.1 Å². The number of aryl methyl sites for hydroxylation is 1. The number of hydrazine groups is 1. The second kappa shape index (κ2) is 5.95. The van der Waals surface area contributed by atoms with Crippen molar-refractivity contribution in [2.75, 3.05) is 0 Å². The van der Waals surface area contributed by atoms with Gasteiger partial charge in [0.2, 0.25) is 0 Å². The second-order valence-electron chi connectivity index (χ2n) is 4.17. The average Bonchev–Trinajstić information content (AvgIpc) is 2.91. The van der Waals surface area contributed by atoms with Gasteiger partial charge < -0.3 is 4.42 Å². The number of amides is 1. The van der Waals surface area contributed by atoms with Crippen LogP contribution in [0.5, 0.6) is 0 Å². The number of benzene rings is 1. The molecule has 0 bridgehead atoms. The minimum atomic E-state index is -4.29. The number of hydrogen-bond donors (Lipinski definition) is 2. The van der Waals surface area contributed by atoms with Crippen molar-refractivity contribution < 1.29 is 22.6 Å². The number of nitrogens with one attached hydrogen (secondary N) is 2. The van der Waals surface area contributed by atoms with Gasteiger partial charge in [-0.15, -0.1) is 4.83 Å². The highest BCUT2D eigenvalue weighted by Crippen LogP contribution is 2.22. The third-order valence-corrected chi connectivity index (χ3v) is 4.05. The number of rotatable bonds is 5. The number of nitro groups is 1. The highest BCUT2D eigenvalue weighted by Gasteiger charge is 2.25. The SMILES string of the molecule is Cc1occc1C(=O)NNS(=O)(=O)c1ccccc1[N+](=O)[O-]. The molecule has 1 heterocycles. The van der Waals surface area contributed by atoms with E-state index in [-0.39, 0.29) is 5.56 Å². The summed E-state index contributed by atoms with van der Waals surface area (Å²) in [6.45, 7) is 1.53. The zero-order chi connectivity index (χ0) is 16.3. The molecule has 2 rings (SSSR count). The van der Waals surface area contributed by atoms with Gasteiger partial charge in [0.15, 0.2) is 4.90 Å². The Kier molecular flexibility index (Phi) is 4.24. The molecule has 116 valence electrons. The minimum absolute atomic E-state index is 0.144. The van der Waals surface area contributed by atoms with Crippen LogP contribution >= 0.6 is 0 Å². The Hall–Kier alpha value is -2.72. The van der Waals surface area contributed by atoms with Crippen LogP contribution in [0.15, 0.2) is 45.9 Å². The molecule has 0 saturated carbocycles. The Morgan fingerprint density at radius 2 is 1.95 bits per heavy atom. The zero-order valence-electron chi connectivity index (χ0n) is 11.3. The van der Waals surface area contributed by atoms with Crippen molar-refractivity contribution in [1.29, 1.82) is 0 Å². The van der Waals surface area contributed by atoms with Gasteiger partial charge in [-0.3, -0.25) is 20.3 Å². The fraction of sp³-hybridized carbons (Fsp3) is 0.0833. The average molecular weight is 325 g/mol. The molecule has 0 spiro atoms. The Labute approximate surface area is 125 Å². The molecule has 1 aromatic carbocycles. The molecule has 0 aliphatic rings. The summed E-state index contributed by atoms with van der Waals surface area (Å²) >= 11 is 0. The van der Waals surface area contributed by atoms with E-state index in [2.05, 4.69) is 0 Å². The van der Waals surface area contributed by atoms with Crippen molar-refractivity contribution in [3.63, 3.8) is 0 Å². The van der Waals surface area contributed by atoms with Gasteiger partial charge >= 0.3 is 0 Å². The minimum Gasteiger partial charge on any atom is -0.469 e. The molecule has 0 saturated heterocycles.